The van der Waals surface area contributed by atoms with E-state index >= 15 is 0 Å². The van der Waals surface area contributed by atoms with E-state index in [4.69, 9.17) is 4.74 Å². The molecule has 1 aromatic heterocycles. The second kappa shape index (κ2) is 7.04. The first kappa shape index (κ1) is 17.9. The van der Waals surface area contributed by atoms with Gasteiger partial charge in [-0.15, -0.1) is 11.8 Å². The Morgan fingerprint density at radius 2 is 1.93 bits per heavy atom. The van der Waals surface area contributed by atoms with Crippen LogP contribution >= 0.6 is 11.8 Å². The molecule has 0 bridgehead atoms. The normalized spacial score (nSPS) is 26.1. The number of rotatable bonds is 3. The van der Waals surface area contributed by atoms with Crippen LogP contribution in [0.4, 0.5) is 5.82 Å². The van der Waals surface area contributed by atoms with Crippen LogP contribution in [0.1, 0.15) is 37.3 Å². The number of hydrogen-bond acceptors (Lipinski definition) is 6. The Balaban J connectivity index is 1.32. The highest BCUT2D eigenvalue weighted by molar-refractivity contribution is 7.98. The van der Waals surface area contributed by atoms with Crippen LogP contribution in [0.5, 0.6) is 0 Å². The third kappa shape index (κ3) is 2.88. The standard InChI is InChI=1S/C21H24N4O2S/c1-28-18-13-17(22-14-23-18)24-11-9-21(10-12-24)20(26)25-16(7-8-19(25)27-21)15-5-3-2-4-6-15/h2-6,13-14,16,19H,7-12H2,1H3/t16-,19+/m0/s1. The molecule has 146 valence electrons. The molecule has 0 saturated carbocycles. The minimum atomic E-state index is -0.663. The first-order valence-electron chi connectivity index (χ1n) is 9.87. The van der Waals surface area contributed by atoms with Gasteiger partial charge in [0.2, 0.25) is 0 Å². The number of thioether (sulfide) groups is 1. The van der Waals surface area contributed by atoms with Gasteiger partial charge in [-0.05, 0) is 24.7 Å². The van der Waals surface area contributed by atoms with Crippen molar-refractivity contribution in [3.8, 4) is 0 Å². The number of hydrogen-bond donors (Lipinski definition) is 0. The summed E-state index contributed by atoms with van der Waals surface area (Å²) in [4.78, 5) is 26.4. The molecule has 3 aliphatic heterocycles. The van der Waals surface area contributed by atoms with Crippen molar-refractivity contribution in [1.82, 2.24) is 14.9 Å². The zero-order chi connectivity index (χ0) is 19.1. The Morgan fingerprint density at radius 3 is 2.68 bits per heavy atom. The van der Waals surface area contributed by atoms with Gasteiger partial charge in [0.05, 0.1) is 6.04 Å². The van der Waals surface area contributed by atoms with Gasteiger partial charge in [-0.25, -0.2) is 9.97 Å². The number of ether oxygens (including phenoxy) is 1. The highest BCUT2D eigenvalue weighted by atomic mass is 32.2. The van der Waals surface area contributed by atoms with Crippen molar-refractivity contribution in [3.05, 3.63) is 48.3 Å². The summed E-state index contributed by atoms with van der Waals surface area (Å²) in [5.41, 5.74) is 0.547. The van der Waals surface area contributed by atoms with E-state index in [0.29, 0.717) is 12.8 Å². The summed E-state index contributed by atoms with van der Waals surface area (Å²) >= 11 is 1.61. The van der Waals surface area contributed by atoms with E-state index in [1.165, 1.54) is 5.56 Å². The Labute approximate surface area is 169 Å². The van der Waals surface area contributed by atoms with Crippen molar-refractivity contribution in [1.29, 1.82) is 0 Å². The predicted molar refractivity (Wildman–Crippen MR) is 108 cm³/mol. The molecule has 4 heterocycles. The number of amides is 1. The number of aromatic nitrogens is 2. The molecule has 3 fully saturated rings. The van der Waals surface area contributed by atoms with E-state index in [2.05, 4.69) is 27.0 Å². The predicted octanol–water partition coefficient (Wildman–Crippen LogP) is 3.26. The van der Waals surface area contributed by atoms with Crippen LogP contribution in [-0.4, -0.2) is 51.9 Å². The van der Waals surface area contributed by atoms with Crippen molar-refractivity contribution in [3.63, 3.8) is 0 Å². The molecule has 0 N–H and O–H groups in total. The van der Waals surface area contributed by atoms with E-state index in [1.54, 1.807) is 18.1 Å². The van der Waals surface area contributed by atoms with E-state index in [9.17, 15) is 4.79 Å². The average molecular weight is 397 g/mol. The average Bonchev–Trinajstić information content (AvgIpc) is 3.27. The van der Waals surface area contributed by atoms with E-state index in [1.807, 2.05) is 35.4 Å². The van der Waals surface area contributed by atoms with Gasteiger partial charge in [0.1, 0.15) is 23.4 Å². The summed E-state index contributed by atoms with van der Waals surface area (Å²) in [5, 5.41) is 0.963. The third-order valence-electron chi connectivity index (χ3n) is 6.24. The van der Waals surface area contributed by atoms with Crippen LogP contribution < -0.4 is 4.90 Å². The van der Waals surface area contributed by atoms with Crippen molar-refractivity contribution in [2.45, 2.75) is 48.6 Å². The summed E-state index contributed by atoms with van der Waals surface area (Å²) in [5.74, 6) is 1.11. The zero-order valence-corrected chi connectivity index (χ0v) is 16.8. The van der Waals surface area contributed by atoms with Crippen molar-refractivity contribution in [2.75, 3.05) is 24.2 Å². The fraction of sp³-hybridized carbons (Fsp3) is 0.476. The molecule has 1 amide bonds. The van der Waals surface area contributed by atoms with Gasteiger partial charge in [-0.3, -0.25) is 4.79 Å². The lowest BCUT2D eigenvalue weighted by Crippen LogP contribution is -2.50. The number of nitrogens with zero attached hydrogens (tertiary/aromatic N) is 4. The number of benzene rings is 1. The maximum absolute atomic E-state index is 13.4. The third-order valence-corrected chi connectivity index (χ3v) is 6.88. The van der Waals surface area contributed by atoms with Gasteiger partial charge >= 0.3 is 0 Å². The van der Waals surface area contributed by atoms with Gasteiger partial charge < -0.3 is 14.5 Å². The minimum Gasteiger partial charge on any atom is -0.356 e. The van der Waals surface area contributed by atoms with Crippen molar-refractivity contribution < 1.29 is 9.53 Å². The molecule has 3 saturated heterocycles. The summed E-state index contributed by atoms with van der Waals surface area (Å²) in [6.45, 7) is 1.54. The molecule has 0 unspecified atom stereocenters. The molecule has 2 atom stereocenters. The fourth-order valence-electron chi connectivity index (χ4n) is 4.76. The number of fused-ring (bicyclic) bond motifs is 1. The summed E-state index contributed by atoms with van der Waals surface area (Å²) in [6.07, 6.45) is 6.85. The molecule has 1 aromatic carbocycles. The summed E-state index contributed by atoms with van der Waals surface area (Å²) in [6, 6.07) is 12.5. The van der Waals surface area contributed by atoms with Gasteiger partial charge in [-0.1, -0.05) is 30.3 Å². The van der Waals surface area contributed by atoms with E-state index in [-0.39, 0.29) is 18.2 Å². The number of carbonyl (C=O) groups excluding carboxylic acids is 1. The van der Waals surface area contributed by atoms with Crippen LogP contribution in [-0.2, 0) is 9.53 Å². The highest BCUT2D eigenvalue weighted by Gasteiger charge is 2.57. The first-order valence-corrected chi connectivity index (χ1v) is 11.1. The molecule has 3 aliphatic rings. The smallest absolute Gasteiger partial charge is 0.257 e. The quantitative estimate of drug-likeness (QED) is 0.586. The van der Waals surface area contributed by atoms with Crippen molar-refractivity contribution in [2.24, 2.45) is 0 Å². The second-order valence-electron chi connectivity index (χ2n) is 7.69. The molecule has 7 heteroatoms. The van der Waals surface area contributed by atoms with E-state index in [0.717, 1.165) is 36.8 Å². The van der Waals surface area contributed by atoms with Crippen LogP contribution in [0.3, 0.4) is 0 Å². The molecule has 2 aromatic rings. The largest absolute Gasteiger partial charge is 0.356 e. The van der Waals surface area contributed by atoms with Crippen LogP contribution in [0.2, 0.25) is 0 Å². The SMILES string of the molecule is CSc1cc(N2CCC3(CC2)O[C@@H]2CC[C@@H](c4ccccc4)N2C3=O)ncn1. The molecule has 5 rings (SSSR count). The number of anilines is 1. The topological polar surface area (TPSA) is 58.6 Å². The van der Waals surface area contributed by atoms with Gasteiger partial charge in [0.25, 0.3) is 5.91 Å². The molecular formula is C21H24N4O2S. The van der Waals surface area contributed by atoms with Crippen LogP contribution in [0.15, 0.2) is 47.8 Å². The summed E-state index contributed by atoms with van der Waals surface area (Å²) in [7, 11) is 0. The lowest BCUT2D eigenvalue weighted by molar-refractivity contribution is -0.140. The lowest BCUT2D eigenvalue weighted by atomic mass is 9.89. The van der Waals surface area contributed by atoms with E-state index < -0.39 is 5.60 Å². The van der Waals surface area contributed by atoms with Crippen LogP contribution in [0.25, 0.3) is 0 Å². The Hall–Kier alpha value is -2.12. The molecule has 6 nitrogen and oxygen atoms in total. The lowest BCUT2D eigenvalue weighted by Gasteiger charge is -2.38. The van der Waals surface area contributed by atoms with Crippen LogP contribution in [0, 0.1) is 0 Å². The monoisotopic (exact) mass is 396 g/mol. The molecular weight excluding hydrogens is 372 g/mol. The first-order chi connectivity index (χ1) is 13.7. The Morgan fingerprint density at radius 1 is 1.14 bits per heavy atom. The number of carbonyl (C=O) groups is 1. The molecule has 0 radical (unpaired) electrons. The molecule has 0 aliphatic carbocycles. The summed E-state index contributed by atoms with van der Waals surface area (Å²) < 4.78 is 6.42. The maximum Gasteiger partial charge on any atom is 0.257 e. The Bertz CT molecular complexity index is 870. The van der Waals surface area contributed by atoms with Gasteiger partial charge in [-0.2, -0.15) is 0 Å². The van der Waals surface area contributed by atoms with Gasteiger partial charge in [0.15, 0.2) is 5.60 Å². The second-order valence-corrected chi connectivity index (χ2v) is 8.52. The maximum atomic E-state index is 13.4. The van der Waals surface area contributed by atoms with Gasteiger partial charge in [0, 0.05) is 32.0 Å². The Kier molecular flexibility index (Phi) is 4.51. The van der Waals surface area contributed by atoms with Crippen molar-refractivity contribution >= 4 is 23.5 Å². The highest BCUT2D eigenvalue weighted by Crippen LogP contribution is 2.47. The molecule has 28 heavy (non-hydrogen) atoms. The minimum absolute atomic E-state index is 0.0774. The fourth-order valence-corrected chi connectivity index (χ4v) is 5.13. The number of piperidine rings is 1. The molecule has 1 spiro atoms. The zero-order valence-electron chi connectivity index (χ0n) is 16.0.